The van der Waals surface area contributed by atoms with E-state index in [0.717, 1.165) is 19.4 Å². The van der Waals surface area contributed by atoms with Crippen LogP contribution < -0.4 is 5.32 Å². The normalized spacial score (nSPS) is 12.6. The highest BCUT2D eigenvalue weighted by Gasteiger charge is 2.11. The molecule has 19 heavy (non-hydrogen) atoms. The summed E-state index contributed by atoms with van der Waals surface area (Å²) >= 11 is 11.9. The Morgan fingerprint density at radius 1 is 1.32 bits per heavy atom. The van der Waals surface area contributed by atoms with Crippen molar-refractivity contribution in [2.24, 2.45) is 0 Å². The molecule has 1 atom stereocenters. The van der Waals surface area contributed by atoms with E-state index >= 15 is 0 Å². The van der Waals surface area contributed by atoms with Gasteiger partial charge in [-0.15, -0.1) is 0 Å². The molecule has 3 nitrogen and oxygen atoms in total. The zero-order valence-electron chi connectivity index (χ0n) is 11.2. The summed E-state index contributed by atoms with van der Waals surface area (Å²) in [5.74, 6) is 0. The summed E-state index contributed by atoms with van der Waals surface area (Å²) in [6.07, 6.45) is 1.56. The largest absolute Gasteiger partial charge is 0.387 e. The topological polar surface area (TPSA) is 41.5 Å². The highest BCUT2D eigenvalue weighted by Crippen LogP contribution is 2.25. The monoisotopic (exact) mass is 305 g/mol. The van der Waals surface area contributed by atoms with E-state index in [0.29, 0.717) is 35.3 Å². The minimum Gasteiger partial charge on any atom is -0.387 e. The lowest BCUT2D eigenvalue weighted by atomic mass is 10.1. The molecular weight excluding hydrogens is 285 g/mol. The van der Waals surface area contributed by atoms with E-state index in [4.69, 9.17) is 27.9 Å². The van der Waals surface area contributed by atoms with Crippen molar-refractivity contribution in [3.63, 3.8) is 0 Å². The summed E-state index contributed by atoms with van der Waals surface area (Å²) < 4.78 is 5.41. The number of benzene rings is 1. The molecule has 0 spiro atoms. The summed E-state index contributed by atoms with van der Waals surface area (Å²) in [5.41, 5.74) is 0.647. The third-order valence-electron chi connectivity index (χ3n) is 2.72. The van der Waals surface area contributed by atoms with Crippen molar-refractivity contribution in [1.82, 2.24) is 5.32 Å². The summed E-state index contributed by atoms with van der Waals surface area (Å²) in [7, 11) is 0. The van der Waals surface area contributed by atoms with E-state index in [1.165, 1.54) is 0 Å². The first-order chi connectivity index (χ1) is 9.15. The minimum atomic E-state index is -0.665. The molecule has 0 bridgehead atoms. The predicted octanol–water partition coefficient (Wildman–Crippen LogP) is 3.43. The number of rotatable bonds is 9. The van der Waals surface area contributed by atoms with Gasteiger partial charge in [0.15, 0.2) is 0 Å². The van der Waals surface area contributed by atoms with Crippen LogP contribution in [-0.2, 0) is 4.74 Å². The zero-order chi connectivity index (χ0) is 14.1. The molecule has 2 N–H and O–H groups in total. The van der Waals surface area contributed by atoms with Gasteiger partial charge in [-0.2, -0.15) is 0 Å². The Hall–Kier alpha value is -0.320. The van der Waals surface area contributed by atoms with Crippen LogP contribution in [-0.4, -0.2) is 31.4 Å². The van der Waals surface area contributed by atoms with Crippen LogP contribution >= 0.6 is 23.2 Å². The fourth-order valence-electron chi connectivity index (χ4n) is 1.61. The van der Waals surface area contributed by atoms with Gasteiger partial charge in [-0.1, -0.05) is 36.5 Å². The fraction of sp³-hybridized carbons (Fsp3) is 0.571. The Labute approximate surface area is 124 Å². The van der Waals surface area contributed by atoms with Crippen LogP contribution in [0.5, 0.6) is 0 Å². The van der Waals surface area contributed by atoms with Gasteiger partial charge in [0.2, 0.25) is 0 Å². The van der Waals surface area contributed by atoms with Gasteiger partial charge in [0.05, 0.1) is 12.7 Å². The molecule has 5 heteroatoms. The average Bonchev–Trinajstić information content (AvgIpc) is 2.40. The number of unbranched alkanes of at least 4 members (excludes halogenated alkanes) is 1. The number of hydrogen-bond donors (Lipinski definition) is 2. The molecule has 0 aliphatic carbocycles. The first-order valence-electron chi connectivity index (χ1n) is 6.56. The highest BCUT2D eigenvalue weighted by molar-refractivity contribution is 6.33. The third-order valence-corrected chi connectivity index (χ3v) is 3.30. The van der Waals surface area contributed by atoms with Crippen molar-refractivity contribution in [3.8, 4) is 0 Å². The molecule has 108 valence electrons. The second-order valence-corrected chi connectivity index (χ2v) is 5.20. The molecule has 0 radical (unpaired) electrons. The Balaban J connectivity index is 2.23. The summed E-state index contributed by atoms with van der Waals surface area (Å²) in [6.45, 7) is 4.71. The Kier molecular flexibility index (Phi) is 8.42. The number of nitrogens with one attached hydrogen (secondary N) is 1. The van der Waals surface area contributed by atoms with Crippen LogP contribution in [0.15, 0.2) is 18.2 Å². The second-order valence-electron chi connectivity index (χ2n) is 4.35. The van der Waals surface area contributed by atoms with Gasteiger partial charge in [0.1, 0.15) is 0 Å². The van der Waals surface area contributed by atoms with Gasteiger partial charge in [-0.25, -0.2) is 0 Å². The number of aliphatic hydroxyl groups excluding tert-OH is 1. The van der Waals surface area contributed by atoms with Crippen LogP contribution in [0.4, 0.5) is 0 Å². The molecule has 1 aromatic carbocycles. The van der Waals surface area contributed by atoms with E-state index in [9.17, 15) is 5.11 Å². The Morgan fingerprint density at radius 2 is 2.11 bits per heavy atom. The van der Waals surface area contributed by atoms with Crippen LogP contribution in [0, 0.1) is 0 Å². The molecule has 0 saturated heterocycles. The van der Waals surface area contributed by atoms with Crippen molar-refractivity contribution >= 4 is 23.2 Å². The van der Waals surface area contributed by atoms with Crippen LogP contribution in [0.3, 0.4) is 0 Å². The molecule has 0 heterocycles. The minimum absolute atomic E-state index is 0.428. The molecule has 0 amide bonds. The van der Waals surface area contributed by atoms with E-state index < -0.39 is 6.10 Å². The maximum atomic E-state index is 10.0. The third kappa shape index (κ3) is 6.59. The van der Waals surface area contributed by atoms with Crippen molar-refractivity contribution in [1.29, 1.82) is 0 Å². The first kappa shape index (κ1) is 16.7. The fourth-order valence-corrected chi connectivity index (χ4v) is 2.04. The van der Waals surface area contributed by atoms with Crippen molar-refractivity contribution < 1.29 is 9.84 Å². The molecule has 1 rings (SSSR count). The first-order valence-corrected chi connectivity index (χ1v) is 7.32. The standard InChI is InChI=1S/C14H21Cl2NO2/c1-2-3-7-19-8-6-17-10-14(18)12-9-11(15)4-5-13(12)16/h4-5,9,14,17-18H,2-3,6-8,10H2,1H3. The van der Waals surface area contributed by atoms with Crippen molar-refractivity contribution in [2.75, 3.05) is 26.3 Å². The lowest BCUT2D eigenvalue weighted by Gasteiger charge is -2.14. The Bertz CT molecular complexity index is 374. The molecule has 1 aromatic rings. The van der Waals surface area contributed by atoms with Gasteiger partial charge < -0.3 is 15.2 Å². The van der Waals surface area contributed by atoms with Crippen molar-refractivity contribution in [2.45, 2.75) is 25.9 Å². The molecule has 0 aliphatic rings. The maximum Gasteiger partial charge on any atom is 0.0929 e. The van der Waals surface area contributed by atoms with Gasteiger partial charge in [0.25, 0.3) is 0 Å². The Morgan fingerprint density at radius 3 is 2.84 bits per heavy atom. The van der Waals surface area contributed by atoms with Crippen LogP contribution in [0.2, 0.25) is 10.0 Å². The lowest BCUT2D eigenvalue weighted by molar-refractivity contribution is 0.125. The highest BCUT2D eigenvalue weighted by atomic mass is 35.5. The van der Waals surface area contributed by atoms with E-state index in [2.05, 4.69) is 12.2 Å². The predicted molar refractivity (Wildman–Crippen MR) is 80.0 cm³/mol. The molecule has 0 fully saturated rings. The summed E-state index contributed by atoms with van der Waals surface area (Å²) in [6, 6.07) is 5.08. The average molecular weight is 306 g/mol. The van der Waals surface area contributed by atoms with E-state index in [1.54, 1.807) is 18.2 Å². The lowest BCUT2D eigenvalue weighted by Crippen LogP contribution is -2.25. The van der Waals surface area contributed by atoms with E-state index in [1.807, 2.05) is 0 Å². The van der Waals surface area contributed by atoms with Gasteiger partial charge in [-0.05, 0) is 24.6 Å². The SMILES string of the molecule is CCCCOCCNCC(O)c1cc(Cl)ccc1Cl. The number of ether oxygens (including phenoxy) is 1. The van der Waals surface area contributed by atoms with Gasteiger partial charge >= 0.3 is 0 Å². The second kappa shape index (κ2) is 9.56. The van der Waals surface area contributed by atoms with Crippen LogP contribution in [0.1, 0.15) is 31.4 Å². The van der Waals surface area contributed by atoms with Gasteiger partial charge in [-0.3, -0.25) is 0 Å². The summed E-state index contributed by atoms with van der Waals surface area (Å²) in [5, 5.41) is 14.2. The molecule has 0 aliphatic heterocycles. The summed E-state index contributed by atoms with van der Waals surface area (Å²) in [4.78, 5) is 0. The van der Waals surface area contributed by atoms with E-state index in [-0.39, 0.29) is 0 Å². The van der Waals surface area contributed by atoms with Crippen molar-refractivity contribution in [3.05, 3.63) is 33.8 Å². The smallest absolute Gasteiger partial charge is 0.0929 e. The quantitative estimate of drug-likeness (QED) is 0.687. The molecule has 1 unspecified atom stereocenters. The number of aliphatic hydroxyl groups is 1. The van der Waals surface area contributed by atoms with Crippen LogP contribution in [0.25, 0.3) is 0 Å². The zero-order valence-corrected chi connectivity index (χ0v) is 12.7. The molecular formula is C14H21Cl2NO2. The number of halogens is 2. The molecule has 0 aromatic heterocycles. The van der Waals surface area contributed by atoms with Gasteiger partial charge in [0, 0.05) is 35.3 Å². The maximum absolute atomic E-state index is 10.0. The number of hydrogen-bond acceptors (Lipinski definition) is 3. The molecule has 0 saturated carbocycles.